The van der Waals surface area contributed by atoms with Crippen LogP contribution in [0.2, 0.25) is 0 Å². The van der Waals surface area contributed by atoms with Crippen molar-refractivity contribution in [3.8, 4) is 0 Å². The molecule has 0 radical (unpaired) electrons. The van der Waals surface area contributed by atoms with Gasteiger partial charge in [-0.3, -0.25) is 9.59 Å². The lowest BCUT2D eigenvalue weighted by Crippen LogP contribution is -2.33. The molecule has 0 bridgehead atoms. The summed E-state index contributed by atoms with van der Waals surface area (Å²) in [5, 5.41) is 0. The van der Waals surface area contributed by atoms with Crippen LogP contribution in [0, 0.1) is 11.8 Å². The fourth-order valence-electron chi connectivity index (χ4n) is 4.89. The van der Waals surface area contributed by atoms with E-state index < -0.39 is 11.8 Å². The molecule has 204 valence electrons. The molecule has 0 amide bonds. The van der Waals surface area contributed by atoms with E-state index in [4.69, 9.17) is 9.47 Å². The van der Waals surface area contributed by atoms with E-state index in [1.165, 1.54) is 96.3 Å². The monoisotopic (exact) mass is 492 g/mol. The first-order chi connectivity index (χ1) is 17.2. The largest absolute Gasteiger partial charge is 0.465 e. The van der Waals surface area contributed by atoms with Crippen LogP contribution >= 0.6 is 0 Å². The van der Waals surface area contributed by atoms with Crippen molar-refractivity contribution in [2.45, 2.75) is 149 Å². The number of unbranched alkanes of at least 4 members (excludes halogenated alkanes) is 17. The van der Waals surface area contributed by atoms with E-state index in [0.717, 1.165) is 32.1 Å². The highest BCUT2D eigenvalue weighted by molar-refractivity contribution is 5.83. The van der Waals surface area contributed by atoms with Gasteiger partial charge in [0.1, 0.15) is 0 Å². The van der Waals surface area contributed by atoms with E-state index in [0.29, 0.717) is 19.6 Å². The van der Waals surface area contributed by atoms with E-state index in [-0.39, 0.29) is 11.9 Å². The molecule has 0 N–H and O–H groups in total. The Kier molecular flexibility index (Phi) is 20.9. The predicted octanol–water partition coefficient (Wildman–Crippen LogP) is 9.11. The Morgan fingerprint density at radius 2 is 1.00 bits per heavy atom. The second kappa shape index (κ2) is 23.1. The average molecular weight is 493 g/mol. The molecule has 0 saturated carbocycles. The number of hydrogen-bond donors (Lipinski definition) is 0. The molecule has 2 unspecified atom stereocenters. The first-order valence-corrected chi connectivity index (χ1v) is 15.2. The Balaban J connectivity index is 2.11. The summed E-state index contributed by atoms with van der Waals surface area (Å²) in [4.78, 5) is 25.3. The number of rotatable bonds is 23. The number of carbonyl (C=O) groups is 2. The van der Waals surface area contributed by atoms with E-state index >= 15 is 0 Å². The van der Waals surface area contributed by atoms with Crippen molar-refractivity contribution in [2.24, 2.45) is 11.8 Å². The summed E-state index contributed by atoms with van der Waals surface area (Å²) in [7, 11) is 0. The normalized spacial score (nSPS) is 17.4. The zero-order chi connectivity index (χ0) is 25.4. The van der Waals surface area contributed by atoms with Crippen molar-refractivity contribution < 1.29 is 19.1 Å². The van der Waals surface area contributed by atoms with Gasteiger partial charge in [0.2, 0.25) is 0 Å². The standard InChI is InChI=1S/C31H56O4/c1-3-5-7-9-11-13-15-17-19-23-27-35-31(33)29-25-21-20-24-28(29)30(32)34-26-22-18-16-14-12-10-8-6-4-2/h20,24,28-29H,3-19,21-23,25-27H2,1-2H3. The second-order valence-electron chi connectivity index (χ2n) is 10.5. The van der Waals surface area contributed by atoms with Crippen LogP contribution in [0.4, 0.5) is 0 Å². The van der Waals surface area contributed by atoms with Crippen molar-refractivity contribution in [3.05, 3.63) is 12.2 Å². The summed E-state index contributed by atoms with van der Waals surface area (Å²) in [6.45, 7) is 5.42. The smallest absolute Gasteiger partial charge is 0.313 e. The molecule has 2 atom stereocenters. The molecular formula is C31H56O4. The third kappa shape index (κ3) is 16.9. The molecule has 0 spiro atoms. The van der Waals surface area contributed by atoms with Gasteiger partial charge in [-0.25, -0.2) is 0 Å². The first-order valence-electron chi connectivity index (χ1n) is 15.2. The van der Waals surface area contributed by atoms with Gasteiger partial charge in [-0.05, 0) is 25.7 Å². The van der Waals surface area contributed by atoms with Crippen LogP contribution in [-0.4, -0.2) is 25.2 Å². The highest BCUT2D eigenvalue weighted by Gasteiger charge is 2.35. The molecular weight excluding hydrogens is 436 g/mol. The van der Waals surface area contributed by atoms with Gasteiger partial charge in [0.15, 0.2) is 0 Å². The number of ether oxygens (including phenoxy) is 2. The van der Waals surface area contributed by atoms with E-state index in [9.17, 15) is 9.59 Å². The molecule has 0 saturated heterocycles. The number of carbonyl (C=O) groups excluding carboxylic acids is 2. The molecule has 4 heteroatoms. The summed E-state index contributed by atoms with van der Waals surface area (Å²) >= 11 is 0. The maximum atomic E-state index is 12.7. The van der Waals surface area contributed by atoms with Crippen molar-refractivity contribution in [1.82, 2.24) is 0 Å². The Labute approximate surface area is 217 Å². The molecule has 0 heterocycles. The van der Waals surface area contributed by atoms with Gasteiger partial charge in [-0.1, -0.05) is 135 Å². The van der Waals surface area contributed by atoms with E-state index in [1.807, 2.05) is 12.2 Å². The summed E-state index contributed by atoms with van der Waals surface area (Å²) in [5.41, 5.74) is 0. The van der Waals surface area contributed by atoms with Gasteiger partial charge in [0.05, 0.1) is 25.0 Å². The zero-order valence-electron chi connectivity index (χ0n) is 23.2. The molecule has 0 aliphatic heterocycles. The quantitative estimate of drug-likeness (QED) is 0.0810. The van der Waals surface area contributed by atoms with Crippen LogP contribution in [0.5, 0.6) is 0 Å². The maximum Gasteiger partial charge on any atom is 0.313 e. The molecule has 0 aromatic carbocycles. The molecule has 0 aromatic rings. The average Bonchev–Trinajstić information content (AvgIpc) is 2.88. The first kappa shape index (κ1) is 31.7. The minimum Gasteiger partial charge on any atom is -0.465 e. The van der Waals surface area contributed by atoms with E-state index in [1.54, 1.807) is 0 Å². The van der Waals surface area contributed by atoms with Crippen molar-refractivity contribution in [1.29, 1.82) is 0 Å². The Bertz CT molecular complexity index is 542. The molecule has 1 aliphatic carbocycles. The van der Waals surface area contributed by atoms with Crippen LogP contribution in [0.3, 0.4) is 0 Å². The minimum absolute atomic E-state index is 0.227. The van der Waals surface area contributed by atoms with Gasteiger partial charge in [-0.15, -0.1) is 0 Å². The maximum absolute atomic E-state index is 12.7. The summed E-state index contributed by atoms with van der Waals surface area (Å²) < 4.78 is 11.1. The number of allylic oxidation sites excluding steroid dienone is 1. The van der Waals surface area contributed by atoms with Crippen LogP contribution in [0.15, 0.2) is 12.2 Å². The summed E-state index contributed by atoms with van der Waals surface area (Å²) in [6, 6.07) is 0. The Hall–Kier alpha value is -1.32. The summed E-state index contributed by atoms with van der Waals surface area (Å²) in [6.07, 6.45) is 29.1. The van der Waals surface area contributed by atoms with Gasteiger partial charge >= 0.3 is 11.9 Å². The SMILES string of the molecule is CCCCCCCCCCCCOC(=O)C1CCC=CC1C(=O)OCCCCCCCCCCC. The van der Waals surface area contributed by atoms with Gasteiger partial charge < -0.3 is 9.47 Å². The number of hydrogen-bond acceptors (Lipinski definition) is 4. The van der Waals surface area contributed by atoms with Crippen LogP contribution < -0.4 is 0 Å². The predicted molar refractivity (Wildman–Crippen MR) is 146 cm³/mol. The third-order valence-corrected chi connectivity index (χ3v) is 7.23. The van der Waals surface area contributed by atoms with Crippen LogP contribution in [-0.2, 0) is 19.1 Å². The van der Waals surface area contributed by atoms with Gasteiger partial charge in [0.25, 0.3) is 0 Å². The molecule has 0 fully saturated rings. The van der Waals surface area contributed by atoms with Crippen molar-refractivity contribution >= 4 is 11.9 Å². The highest BCUT2D eigenvalue weighted by Crippen LogP contribution is 2.27. The lowest BCUT2D eigenvalue weighted by Gasteiger charge is -2.24. The topological polar surface area (TPSA) is 52.6 Å². The molecule has 1 rings (SSSR count). The molecule has 1 aliphatic rings. The van der Waals surface area contributed by atoms with Gasteiger partial charge in [-0.2, -0.15) is 0 Å². The zero-order valence-corrected chi connectivity index (χ0v) is 23.2. The lowest BCUT2D eigenvalue weighted by molar-refractivity contribution is -0.159. The van der Waals surface area contributed by atoms with E-state index in [2.05, 4.69) is 13.8 Å². The highest BCUT2D eigenvalue weighted by atomic mass is 16.5. The Morgan fingerprint density at radius 1 is 0.600 bits per heavy atom. The second-order valence-corrected chi connectivity index (χ2v) is 10.5. The fourth-order valence-corrected chi connectivity index (χ4v) is 4.89. The molecule has 4 nitrogen and oxygen atoms in total. The summed E-state index contributed by atoms with van der Waals surface area (Å²) in [5.74, 6) is -1.36. The third-order valence-electron chi connectivity index (χ3n) is 7.23. The Morgan fingerprint density at radius 3 is 1.46 bits per heavy atom. The van der Waals surface area contributed by atoms with Gasteiger partial charge in [0, 0.05) is 0 Å². The van der Waals surface area contributed by atoms with Crippen LogP contribution in [0.1, 0.15) is 149 Å². The number of esters is 2. The lowest BCUT2D eigenvalue weighted by atomic mass is 9.84. The van der Waals surface area contributed by atoms with Crippen molar-refractivity contribution in [3.63, 3.8) is 0 Å². The van der Waals surface area contributed by atoms with Crippen LogP contribution in [0.25, 0.3) is 0 Å². The molecule has 0 aromatic heterocycles. The fraction of sp³-hybridized carbons (Fsp3) is 0.871. The minimum atomic E-state index is -0.484. The van der Waals surface area contributed by atoms with Crippen molar-refractivity contribution in [2.75, 3.05) is 13.2 Å². The molecule has 35 heavy (non-hydrogen) atoms.